The van der Waals surface area contributed by atoms with E-state index in [9.17, 15) is 18.4 Å². The molecule has 6 nitrogen and oxygen atoms in total. The lowest BCUT2D eigenvalue weighted by Crippen LogP contribution is -2.44. The molecule has 1 rings (SSSR count). The number of carbonyl (C=O) groups excluding carboxylic acids is 2. The number of anilines is 1. The molecule has 3 N–H and O–H groups in total. The molecule has 0 saturated heterocycles. The van der Waals surface area contributed by atoms with E-state index in [1.54, 1.807) is 19.9 Å². The average molecular weight is 301 g/mol. The predicted octanol–water partition coefficient (Wildman–Crippen LogP) is 1.85. The van der Waals surface area contributed by atoms with Crippen LogP contribution in [0.25, 0.3) is 0 Å². The van der Waals surface area contributed by atoms with Crippen LogP contribution in [0.2, 0.25) is 0 Å². The quantitative estimate of drug-likeness (QED) is 0.775. The highest BCUT2D eigenvalue weighted by atomic mass is 19.3. The number of imide groups is 1. The SMILES string of the molecule is CNC(=O)NC(=O)[C@H](C)Nc1cccc(OC(F)F)c1C. The Morgan fingerprint density at radius 2 is 1.95 bits per heavy atom. The number of carbonyl (C=O) groups is 2. The summed E-state index contributed by atoms with van der Waals surface area (Å²) in [6.07, 6.45) is 0. The third-order valence-corrected chi connectivity index (χ3v) is 2.73. The molecule has 1 aromatic carbocycles. The average Bonchev–Trinajstić information content (AvgIpc) is 2.42. The van der Waals surface area contributed by atoms with E-state index in [4.69, 9.17) is 0 Å². The van der Waals surface area contributed by atoms with Crippen molar-refractivity contribution in [1.82, 2.24) is 10.6 Å². The second kappa shape index (κ2) is 7.41. The molecule has 1 aromatic rings. The number of urea groups is 1. The van der Waals surface area contributed by atoms with Crippen molar-refractivity contribution in [1.29, 1.82) is 0 Å². The molecule has 8 heteroatoms. The highest BCUT2D eigenvalue weighted by molar-refractivity contribution is 5.97. The first-order valence-corrected chi connectivity index (χ1v) is 6.18. The van der Waals surface area contributed by atoms with Crippen molar-refractivity contribution in [2.24, 2.45) is 0 Å². The van der Waals surface area contributed by atoms with Gasteiger partial charge in [0.1, 0.15) is 11.8 Å². The van der Waals surface area contributed by atoms with Crippen LogP contribution in [0.5, 0.6) is 5.75 Å². The van der Waals surface area contributed by atoms with Crippen LogP contribution in [-0.2, 0) is 4.79 Å². The Bertz CT molecular complexity index is 523. The summed E-state index contributed by atoms with van der Waals surface area (Å²) in [6.45, 7) is 0.204. The summed E-state index contributed by atoms with van der Waals surface area (Å²) in [5.74, 6) is -0.525. The summed E-state index contributed by atoms with van der Waals surface area (Å²) in [6, 6.07) is 3.19. The van der Waals surface area contributed by atoms with Gasteiger partial charge in [-0.1, -0.05) is 6.07 Å². The van der Waals surface area contributed by atoms with Gasteiger partial charge >= 0.3 is 12.6 Å². The van der Waals surface area contributed by atoms with Gasteiger partial charge in [0.15, 0.2) is 0 Å². The molecule has 1 atom stereocenters. The van der Waals surface area contributed by atoms with Crippen molar-refractivity contribution >= 4 is 17.6 Å². The number of rotatable bonds is 5. The normalized spacial score (nSPS) is 11.7. The zero-order valence-electron chi connectivity index (χ0n) is 11.9. The van der Waals surface area contributed by atoms with Crippen LogP contribution in [0.3, 0.4) is 0 Å². The Balaban J connectivity index is 2.78. The molecular formula is C13H17F2N3O3. The Morgan fingerprint density at radius 3 is 2.52 bits per heavy atom. The van der Waals surface area contributed by atoms with E-state index >= 15 is 0 Å². The van der Waals surface area contributed by atoms with Gasteiger partial charge in [-0.15, -0.1) is 0 Å². The highest BCUT2D eigenvalue weighted by Crippen LogP contribution is 2.27. The summed E-state index contributed by atoms with van der Waals surface area (Å²) in [7, 11) is 1.38. The number of amides is 3. The molecule has 0 aromatic heterocycles. The fourth-order valence-electron chi connectivity index (χ4n) is 1.58. The third kappa shape index (κ3) is 4.90. The molecular weight excluding hydrogens is 284 g/mol. The van der Waals surface area contributed by atoms with E-state index in [2.05, 4.69) is 20.7 Å². The Morgan fingerprint density at radius 1 is 1.29 bits per heavy atom. The highest BCUT2D eigenvalue weighted by Gasteiger charge is 2.17. The van der Waals surface area contributed by atoms with Gasteiger partial charge < -0.3 is 15.4 Å². The number of hydrogen-bond donors (Lipinski definition) is 3. The van der Waals surface area contributed by atoms with Gasteiger partial charge in [-0.2, -0.15) is 8.78 Å². The lowest BCUT2D eigenvalue weighted by Gasteiger charge is -2.18. The topological polar surface area (TPSA) is 79.5 Å². The van der Waals surface area contributed by atoms with Gasteiger partial charge in [-0.25, -0.2) is 4.79 Å². The molecule has 21 heavy (non-hydrogen) atoms. The summed E-state index contributed by atoms with van der Waals surface area (Å²) in [4.78, 5) is 22.8. The van der Waals surface area contributed by atoms with Crippen LogP contribution in [-0.4, -0.2) is 31.6 Å². The molecule has 0 aliphatic rings. The maximum atomic E-state index is 12.3. The standard InChI is InChI=1S/C13H17F2N3O3/c1-7-9(5-4-6-10(7)21-12(14)15)17-8(2)11(19)18-13(20)16-3/h4-6,8,12,17H,1-3H3,(H2,16,18,19,20)/t8-/m0/s1. The summed E-state index contributed by atoms with van der Waals surface area (Å²) >= 11 is 0. The summed E-state index contributed by atoms with van der Waals surface area (Å²) in [5.41, 5.74) is 0.907. The monoisotopic (exact) mass is 301 g/mol. The second-order valence-electron chi connectivity index (χ2n) is 4.24. The molecule has 0 bridgehead atoms. The fraction of sp³-hybridized carbons (Fsp3) is 0.385. The number of alkyl halides is 2. The van der Waals surface area contributed by atoms with Gasteiger partial charge in [-0.3, -0.25) is 10.1 Å². The molecule has 0 heterocycles. The zero-order chi connectivity index (χ0) is 16.0. The lowest BCUT2D eigenvalue weighted by molar-refractivity contribution is -0.120. The molecule has 0 unspecified atom stereocenters. The van der Waals surface area contributed by atoms with Crippen molar-refractivity contribution in [2.45, 2.75) is 26.5 Å². The van der Waals surface area contributed by atoms with Crippen molar-refractivity contribution in [3.05, 3.63) is 23.8 Å². The zero-order valence-corrected chi connectivity index (χ0v) is 11.9. The van der Waals surface area contributed by atoms with Crippen LogP contribution >= 0.6 is 0 Å². The maximum absolute atomic E-state index is 12.3. The van der Waals surface area contributed by atoms with Crippen molar-refractivity contribution < 1.29 is 23.1 Å². The number of hydrogen-bond acceptors (Lipinski definition) is 4. The minimum absolute atomic E-state index is 0.0221. The number of benzene rings is 1. The van der Waals surface area contributed by atoms with Gasteiger partial charge in [-0.05, 0) is 26.0 Å². The van der Waals surface area contributed by atoms with E-state index in [1.807, 2.05) is 0 Å². The lowest BCUT2D eigenvalue weighted by atomic mass is 10.1. The molecule has 0 aliphatic carbocycles. The van der Waals surface area contributed by atoms with Crippen molar-refractivity contribution in [3.63, 3.8) is 0 Å². The first kappa shape index (κ1) is 16.7. The number of nitrogens with one attached hydrogen (secondary N) is 3. The molecule has 116 valence electrons. The van der Waals surface area contributed by atoms with Crippen molar-refractivity contribution in [2.75, 3.05) is 12.4 Å². The van der Waals surface area contributed by atoms with E-state index in [1.165, 1.54) is 19.2 Å². The van der Waals surface area contributed by atoms with Crippen LogP contribution < -0.4 is 20.7 Å². The van der Waals surface area contributed by atoms with E-state index in [-0.39, 0.29) is 5.75 Å². The van der Waals surface area contributed by atoms with Crippen LogP contribution in [0.1, 0.15) is 12.5 Å². The molecule has 0 radical (unpaired) electrons. The van der Waals surface area contributed by atoms with E-state index in [0.29, 0.717) is 11.3 Å². The molecule has 3 amide bonds. The third-order valence-electron chi connectivity index (χ3n) is 2.73. The van der Waals surface area contributed by atoms with Gasteiger partial charge in [0.2, 0.25) is 5.91 Å². The fourth-order valence-corrected chi connectivity index (χ4v) is 1.58. The minimum atomic E-state index is -2.92. The summed E-state index contributed by atoms with van der Waals surface area (Å²) in [5, 5.41) is 7.20. The van der Waals surface area contributed by atoms with Crippen LogP contribution in [0.15, 0.2) is 18.2 Å². The van der Waals surface area contributed by atoms with Gasteiger partial charge in [0, 0.05) is 18.3 Å². The smallest absolute Gasteiger partial charge is 0.387 e. The van der Waals surface area contributed by atoms with Crippen LogP contribution in [0.4, 0.5) is 19.3 Å². The largest absolute Gasteiger partial charge is 0.434 e. The molecule has 0 spiro atoms. The summed E-state index contributed by atoms with van der Waals surface area (Å²) < 4.78 is 28.9. The predicted molar refractivity (Wildman–Crippen MR) is 73.5 cm³/mol. The minimum Gasteiger partial charge on any atom is -0.434 e. The van der Waals surface area contributed by atoms with E-state index in [0.717, 1.165) is 0 Å². The Kier molecular flexibility index (Phi) is 5.89. The molecule has 0 aliphatic heterocycles. The van der Waals surface area contributed by atoms with E-state index < -0.39 is 24.6 Å². The maximum Gasteiger partial charge on any atom is 0.387 e. The first-order chi connectivity index (χ1) is 9.85. The Labute approximate surface area is 120 Å². The number of halogens is 2. The second-order valence-corrected chi connectivity index (χ2v) is 4.24. The number of ether oxygens (including phenoxy) is 1. The van der Waals surface area contributed by atoms with Crippen LogP contribution in [0, 0.1) is 6.92 Å². The molecule has 0 fully saturated rings. The van der Waals surface area contributed by atoms with Crippen molar-refractivity contribution in [3.8, 4) is 5.75 Å². The van der Waals surface area contributed by atoms with Gasteiger partial charge in [0.05, 0.1) is 0 Å². The van der Waals surface area contributed by atoms with Gasteiger partial charge in [0.25, 0.3) is 0 Å². The first-order valence-electron chi connectivity index (χ1n) is 6.18. The molecule has 0 saturated carbocycles. The Hall–Kier alpha value is -2.38.